The van der Waals surface area contributed by atoms with Crippen molar-refractivity contribution in [2.75, 3.05) is 16.8 Å². The molecule has 1 unspecified atom stereocenters. The van der Waals surface area contributed by atoms with Crippen molar-refractivity contribution in [1.82, 2.24) is 5.32 Å². The van der Waals surface area contributed by atoms with Gasteiger partial charge in [0.25, 0.3) is 0 Å². The van der Waals surface area contributed by atoms with Gasteiger partial charge in [0.05, 0.1) is 6.54 Å². The van der Waals surface area contributed by atoms with E-state index in [2.05, 4.69) is 10.6 Å². The van der Waals surface area contributed by atoms with Crippen molar-refractivity contribution < 1.29 is 13.8 Å². The van der Waals surface area contributed by atoms with Crippen LogP contribution in [0.4, 0.5) is 5.69 Å². The molecule has 0 spiro atoms. The Bertz CT molecular complexity index is 687. The van der Waals surface area contributed by atoms with Crippen LogP contribution in [-0.2, 0) is 26.9 Å². The van der Waals surface area contributed by atoms with E-state index in [0.29, 0.717) is 17.3 Å². The van der Waals surface area contributed by atoms with Crippen molar-refractivity contribution in [3.8, 4) is 0 Å². The first-order chi connectivity index (χ1) is 11.0. The largest absolute Gasteiger partial charge is 0.350 e. The number of hydrogen-bond donors (Lipinski definition) is 2. The van der Waals surface area contributed by atoms with E-state index >= 15 is 0 Å². The average Bonchev–Trinajstić information content (AvgIpc) is 3.00. The lowest BCUT2D eigenvalue weighted by Gasteiger charge is -2.06. The summed E-state index contributed by atoms with van der Waals surface area (Å²) in [5, 5.41) is 7.77. The SMILES string of the molecule is O=C(CS(=O)CC(=O)Nc1ccc(Cl)cc1)NCc1cccs1. The van der Waals surface area contributed by atoms with Crippen molar-refractivity contribution in [2.24, 2.45) is 0 Å². The molecule has 1 heterocycles. The fourth-order valence-corrected chi connectivity index (χ4v) is 3.36. The van der Waals surface area contributed by atoms with E-state index in [4.69, 9.17) is 11.6 Å². The first-order valence-electron chi connectivity index (χ1n) is 6.72. The van der Waals surface area contributed by atoms with Crippen molar-refractivity contribution in [3.05, 3.63) is 51.7 Å². The van der Waals surface area contributed by atoms with E-state index in [0.717, 1.165) is 4.88 Å². The smallest absolute Gasteiger partial charge is 0.237 e. The minimum absolute atomic E-state index is 0.195. The summed E-state index contributed by atoms with van der Waals surface area (Å²) in [6.45, 7) is 0.407. The summed E-state index contributed by atoms with van der Waals surface area (Å²) in [6, 6.07) is 10.4. The molecule has 1 atom stereocenters. The van der Waals surface area contributed by atoms with Crippen LogP contribution in [0, 0.1) is 0 Å². The molecule has 122 valence electrons. The molecule has 2 amide bonds. The number of anilines is 1. The molecular weight excluding hydrogens is 356 g/mol. The van der Waals surface area contributed by atoms with Gasteiger partial charge in [-0.15, -0.1) is 11.3 Å². The number of amides is 2. The maximum Gasteiger partial charge on any atom is 0.237 e. The standard InChI is InChI=1S/C15H15ClN2O3S2/c16-11-3-5-12(6-4-11)18-15(20)10-23(21)9-14(19)17-8-13-2-1-7-22-13/h1-7H,8-10H2,(H,17,19)(H,18,20). The molecule has 1 aromatic carbocycles. The maximum absolute atomic E-state index is 11.8. The first-order valence-corrected chi connectivity index (χ1v) is 9.47. The monoisotopic (exact) mass is 370 g/mol. The Morgan fingerprint density at radius 1 is 1.09 bits per heavy atom. The van der Waals surface area contributed by atoms with E-state index in [1.165, 1.54) is 11.3 Å². The van der Waals surface area contributed by atoms with Crippen molar-refractivity contribution >= 4 is 51.2 Å². The highest BCUT2D eigenvalue weighted by Gasteiger charge is 2.12. The van der Waals surface area contributed by atoms with Crippen molar-refractivity contribution in [1.29, 1.82) is 0 Å². The third-order valence-corrected chi connectivity index (χ3v) is 5.05. The van der Waals surface area contributed by atoms with E-state index in [1.807, 2.05) is 17.5 Å². The summed E-state index contributed by atoms with van der Waals surface area (Å²) in [5.41, 5.74) is 0.568. The summed E-state index contributed by atoms with van der Waals surface area (Å²) >= 11 is 7.28. The number of carbonyl (C=O) groups is 2. The van der Waals surface area contributed by atoms with Crippen LogP contribution in [0.1, 0.15) is 4.88 Å². The Labute approximate surface area is 145 Å². The predicted molar refractivity (Wildman–Crippen MR) is 94.1 cm³/mol. The molecule has 2 rings (SSSR count). The Kier molecular flexibility index (Phi) is 6.76. The quantitative estimate of drug-likeness (QED) is 0.785. The van der Waals surface area contributed by atoms with Crippen LogP contribution in [0.15, 0.2) is 41.8 Å². The van der Waals surface area contributed by atoms with Gasteiger partial charge in [-0.25, -0.2) is 0 Å². The van der Waals surface area contributed by atoms with Gasteiger partial charge in [0.1, 0.15) is 11.5 Å². The molecule has 8 heteroatoms. The summed E-state index contributed by atoms with van der Waals surface area (Å²) in [7, 11) is -1.55. The van der Waals surface area contributed by atoms with E-state index < -0.39 is 16.7 Å². The van der Waals surface area contributed by atoms with Crippen LogP contribution in [0.25, 0.3) is 0 Å². The number of carbonyl (C=O) groups excluding carboxylic acids is 2. The Hall–Kier alpha value is -1.70. The van der Waals surface area contributed by atoms with E-state index in [-0.39, 0.29) is 17.4 Å². The molecule has 23 heavy (non-hydrogen) atoms. The summed E-state index contributed by atoms with van der Waals surface area (Å²) < 4.78 is 11.8. The number of thiophene rings is 1. The second-order valence-electron chi connectivity index (χ2n) is 4.64. The molecule has 0 bridgehead atoms. The third kappa shape index (κ3) is 6.52. The zero-order valence-electron chi connectivity index (χ0n) is 12.1. The van der Waals surface area contributed by atoms with Gasteiger partial charge in [0.2, 0.25) is 11.8 Å². The van der Waals surface area contributed by atoms with Gasteiger partial charge in [-0.3, -0.25) is 13.8 Å². The number of rotatable bonds is 7. The van der Waals surface area contributed by atoms with Crippen LogP contribution in [-0.4, -0.2) is 27.5 Å². The van der Waals surface area contributed by atoms with Crippen LogP contribution in [0.5, 0.6) is 0 Å². The molecule has 0 saturated carbocycles. The fraction of sp³-hybridized carbons (Fsp3) is 0.200. The second kappa shape index (κ2) is 8.81. The molecule has 2 aromatic rings. The Morgan fingerprint density at radius 2 is 1.78 bits per heavy atom. The Morgan fingerprint density at radius 3 is 2.43 bits per heavy atom. The van der Waals surface area contributed by atoms with Crippen LogP contribution in [0.2, 0.25) is 5.02 Å². The molecule has 1 aromatic heterocycles. The number of hydrogen-bond acceptors (Lipinski definition) is 4. The zero-order valence-corrected chi connectivity index (χ0v) is 14.5. The van der Waals surface area contributed by atoms with Crippen LogP contribution >= 0.6 is 22.9 Å². The van der Waals surface area contributed by atoms with E-state index in [1.54, 1.807) is 24.3 Å². The second-order valence-corrected chi connectivity index (χ2v) is 7.57. The summed E-state index contributed by atoms with van der Waals surface area (Å²) in [6.07, 6.45) is 0. The highest BCUT2D eigenvalue weighted by Crippen LogP contribution is 2.13. The topological polar surface area (TPSA) is 75.3 Å². The number of halogens is 1. The molecule has 0 aliphatic carbocycles. The highest BCUT2D eigenvalue weighted by atomic mass is 35.5. The average molecular weight is 371 g/mol. The molecule has 0 aliphatic rings. The number of nitrogens with one attached hydrogen (secondary N) is 2. The maximum atomic E-state index is 11.8. The van der Waals surface area contributed by atoms with Gasteiger partial charge < -0.3 is 10.6 Å². The minimum atomic E-state index is -1.55. The predicted octanol–water partition coefficient (Wildman–Crippen LogP) is 2.41. The minimum Gasteiger partial charge on any atom is -0.350 e. The van der Waals surface area contributed by atoms with Gasteiger partial charge in [-0.05, 0) is 35.7 Å². The molecular formula is C15H15ClN2O3S2. The summed E-state index contributed by atoms with van der Waals surface area (Å²) in [4.78, 5) is 24.5. The van der Waals surface area contributed by atoms with Gasteiger partial charge >= 0.3 is 0 Å². The molecule has 0 aliphatic heterocycles. The van der Waals surface area contributed by atoms with Crippen molar-refractivity contribution in [3.63, 3.8) is 0 Å². The van der Waals surface area contributed by atoms with Crippen LogP contribution in [0.3, 0.4) is 0 Å². The van der Waals surface area contributed by atoms with E-state index in [9.17, 15) is 13.8 Å². The lowest BCUT2D eigenvalue weighted by Crippen LogP contribution is -2.30. The van der Waals surface area contributed by atoms with Gasteiger partial charge in [-0.1, -0.05) is 17.7 Å². The van der Waals surface area contributed by atoms with Gasteiger partial charge in [0, 0.05) is 26.4 Å². The number of benzene rings is 1. The normalized spacial score (nSPS) is 11.7. The molecule has 0 saturated heterocycles. The first kappa shape index (κ1) is 17.7. The molecule has 5 nitrogen and oxygen atoms in total. The Balaban J connectivity index is 1.71. The van der Waals surface area contributed by atoms with Crippen molar-refractivity contribution in [2.45, 2.75) is 6.54 Å². The lowest BCUT2D eigenvalue weighted by molar-refractivity contribution is -0.118. The highest BCUT2D eigenvalue weighted by molar-refractivity contribution is 7.86. The van der Waals surface area contributed by atoms with Crippen LogP contribution < -0.4 is 10.6 Å². The molecule has 0 fully saturated rings. The zero-order chi connectivity index (χ0) is 16.7. The third-order valence-electron chi connectivity index (χ3n) is 2.75. The molecule has 0 radical (unpaired) electrons. The fourth-order valence-electron chi connectivity index (χ4n) is 1.72. The van der Waals surface area contributed by atoms with Gasteiger partial charge in [0.15, 0.2) is 0 Å². The summed E-state index contributed by atoms with van der Waals surface area (Å²) in [5.74, 6) is -1.16. The molecule has 2 N–H and O–H groups in total. The van der Waals surface area contributed by atoms with Gasteiger partial charge in [-0.2, -0.15) is 0 Å². The lowest BCUT2D eigenvalue weighted by atomic mass is 10.3.